The van der Waals surface area contributed by atoms with Crippen molar-refractivity contribution in [1.82, 2.24) is 0 Å². The van der Waals surface area contributed by atoms with E-state index in [-0.39, 0.29) is 23.1 Å². The maximum Gasteiger partial charge on any atom is 0.238 e. The summed E-state index contributed by atoms with van der Waals surface area (Å²) in [6, 6.07) is 16.0. The number of nitrogens with zero attached hydrogens (tertiary/aromatic N) is 2. The van der Waals surface area contributed by atoms with Crippen molar-refractivity contribution in [3.63, 3.8) is 0 Å². The maximum atomic E-state index is 12.6. The van der Waals surface area contributed by atoms with Crippen LogP contribution >= 0.6 is 11.8 Å². The number of nitrogens with one attached hydrogen (secondary N) is 1. The number of benzene rings is 2. The number of unbranched alkanes of at least 4 members (excludes halogenated alkanes) is 1. The molecule has 1 fully saturated rings. The van der Waals surface area contributed by atoms with Crippen molar-refractivity contribution in [3.8, 4) is 0 Å². The normalized spacial score (nSPS) is 17.0. The Balaban J connectivity index is 1.72. The summed E-state index contributed by atoms with van der Waals surface area (Å²) in [5.74, 6) is 0.737. The van der Waals surface area contributed by atoms with Crippen LogP contribution in [-0.2, 0) is 9.59 Å². The molecule has 2 aromatic rings. The lowest BCUT2D eigenvalue weighted by Gasteiger charge is -2.25. The van der Waals surface area contributed by atoms with Crippen molar-refractivity contribution in [2.24, 2.45) is 5.92 Å². The van der Waals surface area contributed by atoms with Crippen LogP contribution in [0.4, 0.5) is 17.1 Å². The fraction of sp³-hybridized carbons (Fsp3) is 0.440. The van der Waals surface area contributed by atoms with Crippen molar-refractivity contribution in [2.75, 3.05) is 35.0 Å². The Morgan fingerprint density at radius 3 is 2.39 bits per heavy atom. The summed E-state index contributed by atoms with van der Waals surface area (Å²) in [6.45, 7) is 4.21. The molecule has 0 aromatic heterocycles. The van der Waals surface area contributed by atoms with E-state index >= 15 is 0 Å². The molecule has 0 bridgehead atoms. The van der Waals surface area contributed by atoms with Crippen LogP contribution in [0.5, 0.6) is 0 Å². The second-order valence-electron chi connectivity index (χ2n) is 8.20. The molecule has 5 nitrogen and oxygen atoms in total. The number of amides is 2. The summed E-state index contributed by atoms with van der Waals surface area (Å²) >= 11 is 1.63. The molecule has 2 aromatic carbocycles. The number of anilines is 3. The predicted octanol–water partition coefficient (Wildman–Crippen LogP) is 5.69. The third-order valence-corrected chi connectivity index (χ3v) is 6.96. The zero-order valence-corrected chi connectivity index (χ0v) is 19.7. The minimum atomic E-state index is -0.0598. The lowest BCUT2D eigenvalue weighted by molar-refractivity contribution is -0.120. The van der Waals surface area contributed by atoms with Crippen LogP contribution < -0.4 is 15.1 Å². The molecule has 1 N–H and O–H groups in total. The molecule has 0 spiro atoms. The highest BCUT2D eigenvalue weighted by atomic mass is 32.2. The van der Waals surface area contributed by atoms with Gasteiger partial charge >= 0.3 is 0 Å². The first-order chi connectivity index (χ1) is 14.9. The van der Waals surface area contributed by atoms with Gasteiger partial charge in [0.2, 0.25) is 11.8 Å². The van der Waals surface area contributed by atoms with Crippen molar-refractivity contribution in [1.29, 1.82) is 0 Å². The van der Waals surface area contributed by atoms with E-state index in [1.165, 1.54) is 0 Å². The first-order valence-corrected chi connectivity index (χ1v) is 12.1. The zero-order valence-electron chi connectivity index (χ0n) is 18.9. The van der Waals surface area contributed by atoms with Crippen LogP contribution in [0.1, 0.15) is 50.5 Å². The summed E-state index contributed by atoms with van der Waals surface area (Å²) in [6.07, 6.45) is 3.96. The third kappa shape index (κ3) is 5.62. The van der Waals surface area contributed by atoms with Gasteiger partial charge in [-0.05, 0) is 54.8 Å². The van der Waals surface area contributed by atoms with Crippen molar-refractivity contribution in [2.45, 2.75) is 44.9 Å². The van der Waals surface area contributed by atoms with Crippen LogP contribution in [0.15, 0.2) is 48.5 Å². The van der Waals surface area contributed by atoms with Gasteiger partial charge in [0.25, 0.3) is 0 Å². The molecule has 2 amide bonds. The first kappa shape index (κ1) is 23.2. The summed E-state index contributed by atoms with van der Waals surface area (Å²) in [7, 11) is 4.00. The largest absolute Gasteiger partial charge is 0.378 e. The van der Waals surface area contributed by atoms with Crippen LogP contribution in [0.25, 0.3) is 0 Å². The quantitative estimate of drug-likeness (QED) is 0.546. The highest BCUT2D eigenvalue weighted by molar-refractivity contribution is 8.00. The van der Waals surface area contributed by atoms with E-state index in [4.69, 9.17) is 0 Å². The Kier molecular flexibility index (Phi) is 8.02. The summed E-state index contributed by atoms with van der Waals surface area (Å²) in [5, 5.41) is 3.00. The van der Waals surface area contributed by atoms with Crippen molar-refractivity contribution >= 4 is 40.6 Å². The highest BCUT2D eigenvalue weighted by Crippen LogP contribution is 2.42. The number of carbonyl (C=O) groups excluding carboxylic acids is 2. The van der Waals surface area contributed by atoms with Gasteiger partial charge in [0.1, 0.15) is 5.37 Å². The minimum Gasteiger partial charge on any atom is -0.378 e. The van der Waals surface area contributed by atoms with Gasteiger partial charge in [-0.15, -0.1) is 11.8 Å². The van der Waals surface area contributed by atoms with Gasteiger partial charge in [-0.25, -0.2) is 0 Å². The molecule has 166 valence electrons. The third-order valence-electron chi connectivity index (χ3n) is 5.75. The van der Waals surface area contributed by atoms with E-state index < -0.39 is 0 Å². The molecule has 0 radical (unpaired) electrons. The molecule has 3 rings (SSSR count). The van der Waals surface area contributed by atoms with Crippen molar-refractivity contribution in [3.05, 3.63) is 54.1 Å². The van der Waals surface area contributed by atoms with Crippen molar-refractivity contribution < 1.29 is 9.59 Å². The second-order valence-corrected chi connectivity index (χ2v) is 9.27. The van der Waals surface area contributed by atoms with Gasteiger partial charge < -0.3 is 10.2 Å². The molecule has 0 aliphatic carbocycles. The van der Waals surface area contributed by atoms with E-state index in [0.717, 1.165) is 48.3 Å². The van der Waals surface area contributed by atoms with E-state index in [1.807, 2.05) is 72.4 Å². The molecule has 0 saturated carbocycles. The average Bonchev–Trinajstić information content (AvgIpc) is 3.16. The summed E-state index contributed by atoms with van der Waals surface area (Å²) < 4.78 is 0. The first-order valence-electron chi connectivity index (χ1n) is 11.1. The highest BCUT2D eigenvalue weighted by Gasteiger charge is 2.34. The molecule has 1 saturated heterocycles. The Hall–Kier alpha value is -2.47. The molecule has 31 heavy (non-hydrogen) atoms. The van der Waals surface area contributed by atoms with E-state index in [1.54, 1.807) is 11.8 Å². The molecule has 1 aliphatic heterocycles. The average molecular weight is 440 g/mol. The molecule has 1 aliphatic rings. The maximum absolute atomic E-state index is 12.6. The van der Waals surface area contributed by atoms with Gasteiger partial charge in [0.05, 0.1) is 5.75 Å². The van der Waals surface area contributed by atoms with Gasteiger partial charge in [-0.2, -0.15) is 0 Å². The number of thioether (sulfide) groups is 1. The summed E-state index contributed by atoms with van der Waals surface area (Å²) in [5.41, 5.74) is 3.87. The lowest BCUT2D eigenvalue weighted by atomic mass is 9.98. The Morgan fingerprint density at radius 2 is 1.81 bits per heavy atom. The van der Waals surface area contributed by atoms with Gasteiger partial charge in [0, 0.05) is 37.1 Å². The topological polar surface area (TPSA) is 52.7 Å². The fourth-order valence-corrected chi connectivity index (χ4v) is 4.99. The van der Waals surface area contributed by atoms with Gasteiger partial charge in [-0.1, -0.05) is 38.8 Å². The Bertz CT molecular complexity index is 881. The van der Waals surface area contributed by atoms with E-state index in [0.29, 0.717) is 5.75 Å². The van der Waals surface area contributed by atoms with Crippen LogP contribution in [0.3, 0.4) is 0 Å². The zero-order chi connectivity index (χ0) is 22.4. The SMILES string of the molecule is CCCC[C@@H](CC)C(=O)Nc1ccc([C@H]2SCC(=O)N2c2ccc(N(C)C)cc2)cc1. The minimum absolute atomic E-state index is 0.0586. The standard InChI is InChI=1S/C25H33N3O2S/c1-5-7-8-18(6-2)24(30)26-20-11-9-19(10-12-20)25-28(23(29)17-31-25)22-15-13-21(14-16-22)27(3)4/h9-16,18,25H,5-8,17H2,1-4H3,(H,26,30)/t18-,25-/m1/s1. The molecular weight excluding hydrogens is 406 g/mol. The Labute approximate surface area is 190 Å². The fourth-order valence-electron chi connectivity index (χ4n) is 3.81. The van der Waals surface area contributed by atoms with Crippen LogP contribution in [0, 0.1) is 5.92 Å². The number of hydrogen-bond donors (Lipinski definition) is 1. The molecule has 6 heteroatoms. The second kappa shape index (κ2) is 10.7. The van der Waals surface area contributed by atoms with Crippen LogP contribution in [-0.4, -0.2) is 31.7 Å². The number of carbonyl (C=O) groups is 2. The van der Waals surface area contributed by atoms with Gasteiger partial charge in [0.15, 0.2) is 0 Å². The molecule has 0 unspecified atom stereocenters. The van der Waals surface area contributed by atoms with Gasteiger partial charge in [-0.3, -0.25) is 14.5 Å². The summed E-state index contributed by atoms with van der Waals surface area (Å²) in [4.78, 5) is 29.1. The molecular formula is C25H33N3O2S. The van der Waals surface area contributed by atoms with E-state index in [2.05, 4.69) is 19.2 Å². The lowest BCUT2D eigenvalue weighted by Crippen LogP contribution is -2.27. The number of hydrogen-bond acceptors (Lipinski definition) is 4. The molecule has 2 atom stereocenters. The molecule has 1 heterocycles. The van der Waals surface area contributed by atoms with Crippen LogP contribution in [0.2, 0.25) is 0 Å². The Morgan fingerprint density at radius 1 is 1.13 bits per heavy atom. The monoisotopic (exact) mass is 439 g/mol. The number of rotatable bonds is 9. The smallest absolute Gasteiger partial charge is 0.238 e. The van der Waals surface area contributed by atoms with E-state index in [9.17, 15) is 9.59 Å². The predicted molar refractivity (Wildman–Crippen MR) is 132 cm³/mol.